The molecule has 0 fully saturated rings. The fourth-order valence-electron chi connectivity index (χ4n) is 3.66. The monoisotopic (exact) mass is 440 g/mol. The van der Waals surface area contributed by atoms with E-state index in [1.54, 1.807) is 18.2 Å². The van der Waals surface area contributed by atoms with E-state index in [0.717, 1.165) is 20.8 Å². The van der Waals surface area contributed by atoms with Crippen LogP contribution in [-0.2, 0) is 11.3 Å². The highest BCUT2D eigenvalue weighted by molar-refractivity contribution is 7.18. The standard InChI is InChI=1S/C25H20N4O2S/c30-22(26-15-16-8-2-1-3-9-16)14-18(25-28-20-12-6-7-13-21(20)32-25)23-27-19-11-5-4-10-17(19)24(31)29-23/h1-13,18H,14-15H2,(H,26,30)(H,27,29,31)/t18-/m1/s1. The van der Waals surface area contributed by atoms with Crippen LogP contribution in [0.3, 0.4) is 0 Å². The van der Waals surface area contributed by atoms with Gasteiger partial charge in [0.1, 0.15) is 10.8 Å². The largest absolute Gasteiger partial charge is 0.352 e. The molecule has 6 nitrogen and oxygen atoms in total. The van der Waals surface area contributed by atoms with Gasteiger partial charge in [-0.25, -0.2) is 9.97 Å². The molecule has 2 aromatic heterocycles. The number of hydrogen-bond acceptors (Lipinski definition) is 5. The number of H-pyrrole nitrogens is 1. The first-order chi connectivity index (χ1) is 15.7. The number of fused-ring (bicyclic) bond motifs is 2. The van der Waals surface area contributed by atoms with Crippen LogP contribution in [0, 0.1) is 0 Å². The van der Waals surface area contributed by atoms with Crippen LogP contribution in [-0.4, -0.2) is 20.9 Å². The zero-order chi connectivity index (χ0) is 21.9. The summed E-state index contributed by atoms with van der Waals surface area (Å²) >= 11 is 1.51. The Bertz CT molecular complexity index is 1430. The molecule has 1 amide bonds. The van der Waals surface area contributed by atoms with Gasteiger partial charge in [-0.2, -0.15) is 0 Å². The maximum Gasteiger partial charge on any atom is 0.258 e. The Balaban J connectivity index is 1.50. The third-order valence-corrected chi connectivity index (χ3v) is 6.44. The Morgan fingerprint density at radius 2 is 1.62 bits per heavy atom. The Morgan fingerprint density at radius 1 is 0.906 bits per heavy atom. The fourth-order valence-corrected chi connectivity index (χ4v) is 4.74. The lowest BCUT2D eigenvalue weighted by Gasteiger charge is -2.14. The maximum absolute atomic E-state index is 12.9. The van der Waals surface area contributed by atoms with Gasteiger partial charge >= 0.3 is 0 Å². The molecule has 5 aromatic rings. The average molecular weight is 441 g/mol. The van der Waals surface area contributed by atoms with Gasteiger partial charge in [-0.15, -0.1) is 11.3 Å². The fraction of sp³-hybridized carbons (Fsp3) is 0.120. The molecule has 158 valence electrons. The Labute approximate surface area is 188 Å². The molecule has 3 aromatic carbocycles. The van der Waals surface area contributed by atoms with Gasteiger partial charge < -0.3 is 10.3 Å². The summed E-state index contributed by atoms with van der Waals surface area (Å²) in [6, 6.07) is 24.8. The maximum atomic E-state index is 12.9. The van der Waals surface area contributed by atoms with E-state index in [2.05, 4.69) is 15.3 Å². The highest BCUT2D eigenvalue weighted by Crippen LogP contribution is 2.32. The molecule has 0 spiro atoms. The van der Waals surface area contributed by atoms with Gasteiger partial charge in [0.2, 0.25) is 5.91 Å². The second-order valence-corrected chi connectivity index (χ2v) is 8.57. The molecule has 0 saturated carbocycles. The summed E-state index contributed by atoms with van der Waals surface area (Å²) in [5.74, 6) is -0.142. The molecule has 7 heteroatoms. The minimum Gasteiger partial charge on any atom is -0.352 e. The third kappa shape index (κ3) is 4.15. The van der Waals surface area contributed by atoms with E-state index in [4.69, 9.17) is 4.98 Å². The Kier molecular flexibility index (Phi) is 5.47. The molecular formula is C25H20N4O2S. The number of aromatic amines is 1. The summed E-state index contributed by atoms with van der Waals surface area (Å²) in [5, 5.41) is 4.24. The van der Waals surface area contributed by atoms with Crippen molar-refractivity contribution < 1.29 is 4.79 Å². The lowest BCUT2D eigenvalue weighted by molar-refractivity contribution is -0.121. The number of nitrogens with one attached hydrogen (secondary N) is 2. The van der Waals surface area contributed by atoms with Gasteiger partial charge in [-0.3, -0.25) is 9.59 Å². The molecule has 0 aliphatic heterocycles. The second-order valence-electron chi connectivity index (χ2n) is 7.51. The van der Waals surface area contributed by atoms with Crippen LogP contribution in [0.25, 0.3) is 21.1 Å². The zero-order valence-corrected chi connectivity index (χ0v) is 17.9. The van der Waals surface area contributed by atoms with Gasteiger partial charge in [-0.05, 0) is 29.8 Å². The van der Waals surface area contributed by atoms with E-state index in [0.29, 0.717) is 23.3 Å². The van der Waals surface area contributed by atoms with Crippen LogP contribution in [0.2, 0.25) is 0 Å². The lowest BCUT2D eigenvalue weighted by Crippen LogP contribution is -2.26. The van der Waals surface area contributed by atoms with Crippen LogP contribution < -0.4 is 10.9 Å². The molecule has 0 aliphatic carbocycles. The third-order valence-electron chi connectivity index (χ3n) is 5.29. The van der Waals surface area contributed by atoms with E-state index in [1.165, 1.54) is 11.3 Å². The number of thiazole rings is 1. The van der Waals surface area contributed by atoms with Crippen molar-refractivity contribution in [1.82, 2.24) is 20.3 Å². The Morgan fingerprint density at radius 3 is 2.44 bits per heavy atom. The summed E-state index contributed by atoms with van der Waals surface area (Å²) in [6.07, 6.45) is 0.133. The van der Waals surface area contributed by atoms with Gasteiger partial charge in [0, 0.05) is 13.0 Å². The number of nitrogens with zero attached hydrogens (tertiary/aromatic N) is 2. The summed E-state index contributed by atoms with van der Waals surface area (Å²) < 4.78 is 1.03. The van der Waals surface area contributed by atoms with Gasteiger partial charge in [0.15, 0.2) is 0 Å². The van der Waals surface area contributed by atoms with E-state index in [1.807, 2.05) is 60.7 Å². The minimum atomic E-state index is -0.458. The predicted molar refractivity (Wildman–Crippen MR) is 127 cm³/mol. The first kappa shape index (κ1) is 20.1. The molecule has 0 aliphatic rings. The molecule has 5 rings (SSSR count). The van der Waals surface area contributed by atoms with E-state index >= 15 is 0 Å². The first-order valence-corrected chi connectivity index (χ1v) is 11.1. The molecule has 2 heterocycles. The number of carbonyl (C=O) groups excluding carboxylic acids is 1. The summed E-state index contributed by atoms with van der Waals surface area (Å²) in [7, 11) is 0. The van der Waals surface area contributed by atoms with Crippen molar-refractivity contribution in [2.75, 3.05) is 0 Å². The van der Waals surface area contributed by atoms with Gasteiger partial charge in [0.05, 0.1) is 27.0 Å². The zero-order valence-electron chi connectivity index (χ0n) is 17.1. The van der Waals surface area contributed by atoms with Crippen molar-refractivity contribution in [3.05, 3.63) is 106 Å². The van der Waals surface area contributed by atoms with Crippen LogP contribution in [0.4, 0.5) is 0 Å². The number of hydrogen-bond donors (Lipinski definition) is 2. The van der Waals surface area contributed by atoms with E-state index < -0.39 is 5.92 Å². The predicted octanol–water partition coefficient (Wildman–Crippen LogP) is 4.37. The summed E-state index contributed by atoms with van der Waals surface area (Å²) in [6.45, 7) is 0.438. The van der Waals surface area contributed by atoms with Gasteiger partial charge in [0.25, 0.3) is 5.56 Å². The van der Waals surface area contributed by atoms with Crippen molar-refractivity contribution in [2.24, 2.45) is 0 Å². The van der Waals surface area contributed by atoms with Crippen LogP contribution >= 0.6 is 11.3 Å². The molecule has 0 unspecified atom stereocenters. The van der Waals surface area contributed by atoms with Crippen molar-refractivity contribution in [3.8, 4) is 0 Å². The van der Waals surface area contributed by atoms with Crippen LogP contribution in [0.15, 0.2) is 83.7 Å². The molecule has 1 atom stereocenters. The van der Waals surface area contributed by atoms with Crippen molar-refractivity contribution in [2.45, 2.75) is 18.9 Å². The number of amides is 1. The van der Waals surface area contributed by atoms with Crippen LogP contribution in [0.5, 0.6) is 0 Å². The Hall–Kier alpha value is -3.84. The molecular weight excluding hydrogens is 420 g/mol. The topological polar surface area (TPSA) is 87.7 Å². The quantitative estimate of drug-likeness (QED) is 0.410. The number of para-hydroxylation sites is 2. The molecule has 32 heavy (non-hydrogen) atoms. The number of benzene rings is 3. The first-order valence-electron chi connectivity index (χ1n) is 10.3. The summed E-state index contributed by atoms with van der Waals surface area (Å²) in [5.41, 5.74) is 2.27. The average Bonchev–Trinajstić information content (AvgIpc) is 3.26. The second kappa shape index (κ2) is 8.72. The highest BCUT2D eigenvalue weighted by atomic mass is 32.1. The molecule has 0 radical (unpaired) electrons. The van der Waals surface area contributed by atoms with Crippen molar-refractivity contribution in [1.29, 1.82) is 0 Å². The molecule has 2 N–H and O–H groups in total. The summed E-state index contributed by atoms with van der Waals surface area (Å²) in [4.78, 5) is 37.9. The van der Waals surface area contributed by atoms with Crippen molar-refractivity contribution >= 4 is 38.4 Å². The van der Waals surface area contributed by atoms with E-state index in [-0.39, 0.29) is 17.9 Å². The van der Waals surface area contributed by atoms with E-state index in [9.17, 15) is 9.59 Å². The number of carbonyl (C=O) groups is 1. The highest BCUT2D eigenvalue weighted by Gasteiger charge is 2.25. The molecule has 0 bridgehead atoms. The van der Waals surface area contributed by atoms with Crippen LogP contribution in [0.1, 0.15) is 28.7 Å². The number of aromatic nitrogens is 3. The normalized spacial score (nSPS) is 12.1. The van der Waals surface area contributed by atoms with Gasteiger partial charge in [-0.1, -0.05) is 54.6 Å². The SMILES string of the molecule is O=C(C[C@H](c1nc2ccccc2c(=O)[nH]1)c1nc2ccccc2s1)NCc1ccccc1. The van der Waals surface area contributed by atoms with Crippen molar-refractivity contribution in [3.63, 3.8) is 0 Å². The molecule has 0 saturated heterocycles. The lowest BCUT2D eigenvalue weighted by atomic mass is 10.0. The number of rotatable bonds is 6. The minimum absolute atomic E-state index is 0.131. The smallest absolute Gasteiger partial charge is 0.258 e.